The number of pyridine rings is 1. The van der Waals surface area contributed by atoms with Crippen LogP contribution in [-0.4, -0.2) is 146 Å². The van der Waals surface area contributed by atoms with Gasteiger partial charge in [0.05, 0.1) is 56.6 Å². The monoisotopic (exact) mass is 1440 g/mol. The van der Waals surface area contributed by atoms with Crippen molar-refractivity contribution in [3.63, 3.8) is 0 Å². The molecule has 0 atom stereocenters. The highest BCUT2D eigenvalue weighted by molar-refractivity contribution is 7.99. The van der Waals surface area contributed by atoms with E-state index in [0.717, 1.165) is 41.3 Å². The number of aromatic nitrogens is 3. The van der Waals surface area contributed by atoms with Crippen LogP contribution in [0.25, 0.3) is 37.7 Å². The van der Waals surface area contributed by atoms with Gasteiger partial charge >= 0.3 is 21.2 Å². The number of thioether (sulfide) groups is 1. The highest BCUT2D eigenvalue weighted by Gasteiger charge is 2.24. The van der Waals surface area contributed by atoms with Gasteiger partial charge in [-0.2, -0.15) is 47.4 Å². The second kappa shape index (κ2) is 30.9. The van der Waals surface area contributed by atoms with E-state index >= 15 is 0 Å². The van der Waals surface area contributed by atoms with Crippen molar-refractivity contribution in [1.82, 2.24) is 14.4 Å². The largest absolute Gasteiger partial charge is 0.493 e. The Morgan fingerprint density at radius 3 is 1.84 bits per heavy atom. The molecule has 0 saturated carbocycles. The predicted molar refractivity (Wildman–Crippen MR) is 322 cm³/mol. The first-order chi connectivity index (χ1) is 41.8. The van der Waals surface area contributed by atoms with Gasteiger partial charge < -0.3 is 14.6 Å². The molecule has 3 heterocycles. The number of rotatable bonds is 21. The third-order valence-corrected chi connectivity index (χ3v) is 16.7. The number of para-hydroxylation sites is 2. The fourth-order valence-electron chi connectivity index (χ4n) is 7.44. The molecule has 0 aliphatic rings. The highest BCUT2D eigenvalue weighted by Crippen LogP contribution is 2.46. The molecule has 34 nitrogen and oxygen atoms in total. The van der Waals surface area contributed by atoms with Crippen molar-refractivity contribution in [3.8, 4) is 23.4 Å². The molecule has 3 aromatic heterocycles. The van der Waals surface area contributed by atoms with Gasteiger partial charge in [0.2, 0.25) is 11.0 Å². The van der Waals surface area contributed by atoms with Crippen LogP contribution < -0.4 is 9.47 Å². The summed E-state index contributed by atoms with van der Waals surface area (Å²) in [6, 6.07) is 19.0. The van der Waals surface area contributed by atoms with E-state index in [9.17, 15) is 70.7 Å². The third-order valence-electron chi connectivity index (χ3n) is 10.9. The molecular weight excluding hydrogens is 1400 g/mol. The molecule has 0 saturated heterocycles. The summed E-state index contributed by atoms with van der Waals surface area (Å²) in [4.78, 5) is 7.99. The average Bonchev–Trinajstić information content (AvgIpc) is 1.52. The van der Waals surface area contributed by atoms with Crippen molar-refractivity contribution in [3.05, 3.63) is 88.9 Å². The number of nitriles is 1. The lowest BCUT2D eigenvalue weighted by atomic mass is 10.1. The number of halogens is 1. The van der Waals surface area contributed by atoms with Crippen LogP contribution in [0.4, 0.5) is 33.6 Å². The molecule has 0 radical (unpaired) electrons. The van der Waals surface area contributed by atoms with Gasteiger partial charge in [-0.05, 0) is 79.8 Å². The van der Waals surface area contributed by atoms with Crippen molar-refractivity contribution < 1.29 is 105 Å². The van der Waals surface area contributed by atoms with Crippen LogP contribution in [0.1, 0.15) is 37.3 Å². The topological polar surface area (TPSA) is 541 Å². The Kier molecular flexibility index (Phi) is 25.1. The molecule has 8 rings (SSSR count). The van der Waals surface area contributed by atoms with Gasteiger partial charge in [-0.1, -0.05) is 48.1 Å². The lowest BCUT2D eigenvalue weighted by Gasteiger charge is -2.12. The van der Waals surface area contributed by atoms with Crippen LogP contribution in [0, 0.1) is 18.3 Å². The number of thiazole rings is 1. The van der Waals surface area contributed by atoms with Gasteiger partial charge in [0.15, 0.2) is 11.3 Å². The Morgan fingerprint density at radius 2 is 1.26 bits per heavy atom. The number of fused-ring (bicyclic) bond motifs is 6. The second-order valence-electron chi connectivity index (χ2n) is 17.6. The van der Waals surface area contributed by atoms with Crippen LogP contribution in [0.3, 0.4) is 0 Å². The average molecular weight is 1440 g/mol. The number of hydrogen-bond acceptors (Lipinski definition) is 30. The summed E-state index contributed by atoms with van der Waals surface area (Å²) < 4.78 is 224. The number of benzene rings is 5. The number of azo groups is 3. The van der Waals surface area contributed by atoms with Crippen LogP contribution in [0.5, 0.6) is 17.4 Å². The Balaban J connectivity index is 0.00000103. The Morgan fingerprint density at radius 1 is 0.700 bits per heavy atom. The Hall–Kier alpha value is -7.68. The van der Waals surface area contributed by atoms with Gasteiger partial charge in [-0.15, -0.1) is 67.7 Å². The van der Waals surface area contributed by atoms with E-state index in [-0.39, 0.29) is 126 Å². The minimum absolute atomic E-state index is 0.0257. The standard InChI is InChI=1S/C45H39ClN10O15S6.CH4O3S.2O3S/c1-3-12-70-37-21-34(38(72-14-7-16-75(61,62)63)22-33(37)52-55-45-49-41-39(77(67,68)69)17-25-10-11-26(76(64,65)66)18-27(25)42(41)73-45)53-50-31-20-36(71-13-6-15-74(58,59)60)32(19-29(31)46)51-54-40-24(2)28(23-47)43-48-30-8-4-5-9-35(30)56(43)44(40)57;1-5(2,3)4;2*1-4(2)3/h4-5,8-11,17-22,57H,3,6-7,12-16H2,1-2H3,(H,58,59,60)(H,61,62,63)(H,64,65,66)(H,67,68,69);1H3,(H,2,3,4);;. The molecule has 482 valence electrons. The quantitative estimate of drug-likeness (QED) is 0.0169. The summed E-state index contributed by atoms with van der Waals surface area (Å²) in [5, 5.41) is 47.7. The van der Waals surface area contributed by atoms with Gasteiger partial charge in [0.25, 0.3) is 50.6 Å². The third kappa shape index (κ3) is 21.5. The zero-order valence-corrected chi connectivity index (χ0v) is 53.7. The first kappa shape index (κ1) is 73.1. The molecule has 0 aliphatic heterocycles. The summed E-state index contributed by atoms with van der Waals surface area (Å²) in [5.41, 5.74) is 1.23. The predicted octanol–water partition coefficient (Wildman–Crippen LogP) is 8.84. The molecule has 0 amide bonds. The maximum absolute atomic E-state index is 12.5. The SMILES string of the molecule is CCCOc1cc(N=Nc2cc(OCCCS(=O)(=O)O)c(N=Nc3c(C)c(C#N)c4nc5ccccc5n4c3O)cc2Cl)c(SCCCS(=O)(=O)O)cc1N=Nc1nc2c(S(=O)(=O)O)cc3ccc(S(=O)(=O)O)cc3c2s1.CS(=O)(=O)O.O=S(=O)=O.O=S(=O)=O. The van der Waals surface area contributed by atoms with Crippen molar-refractivity contribution in [2.75, 3.05) is 36.7 Å². The Bertz CT molecular complexity index is 5040. The van der Waals surface area contributed by atoms with Crippen LogP contribution in [0.2, 0.25) is 5.02 Å². The molecule has 44 heteroatoms. The van der Waals surface area contributed by atoms with Gasteiger partial charge in [-0.25, -0.2) is 9.97 Å². The maximum Gasteiger partial charge on any atom is 0.425 e. The maximum atomic E-state index is 12.5. The van der Waals surface area contributed by atoms with Crippen molar-refractivity contribution in [2.45, 2.75) is 47.8 Å². The van der Waals surface area contributed by atoms with E-state index in [1.54, 1.807) is 31.2 Å². The summed E-state index contributed by atoms with van der Waals surface area (Å²) in [6.07, 6.45) is 1.02. The second-order valence-corrected chi connectivity index (χ2v) is 28.3. The van der Waals surface area contributed by atoms with Crippen LogP contribution >= 0.6 is 34.7 Å². The molecule has 5 aromatic carbocycles. The Labute approximate surface area is 525 Å². The fraction of sp³-hybridized carbons (Fsp3) is 0.239. The van der Waals surface area contributed by atoms with Crippen molar-refractivity contribution in [2.24, 2.45) is 30.7 Å². The minimum atomic E-state index is -4.90. The number of imidazole rings is 1. The van der Waals surface area contributed by atoms with E-state index in [2.05, 4.69) is 46.7 Å². The van der Waals surface area contributed by atoms with Crippen LogP contribution in [-0.2, 0) is 71.8 Å². The first-order valence-corrected chi connectivity index (χ1v) is 36.3. The molecule has 90 heavy (non-hydrogen) atoms. The molecule has 0 fully saturated rings. The first-order valence-electron chi connectivity index (χ1n) is 24.2. The van der Waals surface area contributed by atoms with Gasteiger partial charge in [0, 0.05) is 28.0 Å². The van der Waals surface area contributed by atoms with E-state index < -0.39 is 93.1 Å². The van der Waals surface area contributed by atoms with E-state index in [4.69, 9.17) is 50.9 Å². The molecule has 0 spiro atoms. The number of hydrogen-bond donors (Lipinski definition) is 6. The molecule has 0 bridgehead atoms. The molecule has 6 N–H and O–H groups in total. The highest BCUT2D eigenvalue weighted by atomic mass is 35.5. The number of aromatic hydroxyl groups is 1. The molecule has 0 unspecified atom stereocenters. The van der Waals surface area contributed by atoms with Crippen LogP contribution in [0.15, 0.2) is 118 Å². The molecule has 0 aliphatic carbocycles. The lowest BCUT2D eigenvalue weighted by Crippen LogP contribution is -2.08. The number of ether oxygens (including phenoxy) is 2. The fourth-order valence-corrected chi connectivity index (χ4v) is 11.9. The minimum Gasteiger partial charge on any atom is -0.493 e. The van der Waals surface area contributed by atoms with Crippen molar-refractivity contribution >= 4 is 178 Å². The number of nitrogens with zero attached hydrogens (tertiary/aromatic N) is 10. The summed E-state index contributed by atoms with van der Waals surface area (Å²) in [7, 11) is -28.2. The normalized spacial score (nSPS) is 12.2. The zero-order valence-electron chi connectivity index (χ0n) is 45.6. The van der Waals surface area contributed by atoms with Crippen molar-refractivity contribution in [1.29, 1.82) is 5.26 Å². The van der Waals surface area contributed by atoms with E-state index in [1.165, 1.54) is 34.7 Å². The lowest BCUT2D eigenvalue weighted by molar-refractivity contribution is 0.317. The zero-order chi connectivity index (χ0) is 67.3. The van der Waals surface area contributed by atoms with E-state index in [1.807, 2.05) is 6.92 Å². The smallest absolute Gasteiger partial charge is 0.425 e. The summed E-state index contributed by atoms with van der Waals surface area (Å²) in [5.74, 6) is -1.50. The molecule has 8 aromatic rings. The summed E-state index contributed by atoms with van der Waals surface area (Å²) in [6.45, 7) is 3.24. The summed E-state index contributed by atoms with van der Waals surface area (Å²) >= 11 is 8.65. The molecular formula is C46H43ClN10O24S9. The van der Waals surface area contributed by atoms with Gasteiger partial charge in [-0.3, -0.25) is 27.2 Å². The van der Waals surface area contributed by atoms with Gasteiger partial charge in [0.1, 0.15) is 56.3 Å². The van der Waals surface area contributed by atoms with E-state index in [0.29, 0.717) is 28.6 Å².